The highest BCUT2D eigenvalue weighted by Gasteiger charge is 2.38. The number of urea groups is 1. The Hall–Kier alpha value is -2.34. The van der Waals surface area contributed by atoms with Crippen molar-refractivity contribution in [2.75, 3.05) is 6.54 Å². The molecule has 0 aromatic heterocycles. The lowest BCUT2D eigenvalue weighted by molar-refractivity contribution is 0.235. The summed E-state index contributed by atoms with van der Waals surface area (Å²) in [6.07, 6.45) is 2.62. The molecule has 0 spiro atoms. The molecule has 6 heteroatoms. The summed E-state index contributed by atoms with van der Waals surface area (Å²) < 4.78 is 27.0. The van der Waals surface area contributed by atoms with Gasteiger partial charge in [-0.25, -0.2) is 17.5 Å². The summed E-state index contributed by atoms with van der Waals surface area (Å²) in [6, 6.07) is 13.7. The quantitative estimate of drug-likeness (QED) is 0.763. The number of nitrogens with one attached hydrogen (secondary N) is 1. The topological polar surface area (TPSA) is 66.5 Å². The molecule has 0 radical (unpaired) electrons. The zero-order valence-corrected chi connectivity index (χ0v) is 17.9. The number of rotatable bonds is 6. The van der Waals surface area contributed by atoms with Gasteiger partial charge in [0.2, 0.25) is 0 Å². The van der Waals surface area contributed by atoms with Crippen LogP contribution in [0.15, 0.2) is 53.4 Å². The highest BCUT2D eigenvalue weighted by molar-refractivity contribution is 7.89. The summed E-state index contributed by atoms with van der Waals surface area (Å²) in [5.41, 5.74) is 3.08. The van der Waals surface area contributed by atoms with Gasteiger partial charge in [0.1, 0.15) is 0 Å². The maximum atomic E-state index is 13.0. The molecule has 3 rings (SSSR count). The standard InChI is InChI=1S/C20H24N2O3S.C2H6/c1-3-8-17-13-18(12-11-15(17)4-2)26(24,25)22-14-19(21-20(22)23)16-9-6-5-7-10-16;1-2/h5-7,9-13,19H,3-4,8,14H2,1-2H3,(H,21,23);1-2H3. The molecule has 1 aliphatic rings. The van der Waals surface area contributed by atoms with Crippen molar-refractivity contribution < 1.29 is 13.2 Å². The molecule has 1 aliphatic heterocycles. The first-order chi connectivity index (χ1) is 13.5. The summed E-state index contributed by atoms with van der Waals surface area (Å²) >= 11 is 0. The van der Waals surface area contributed by atoms with E-state index in [2.05, 4.69) is 19.2 Å². The average molecular weight is 403 g/mol. The third kappa shape index (κ3) is 4.55. The minimum Gasteiger partial charge on any atom is -0.328 e. The van der Waals surface area contributed by atoms with Crippen molar-refractivity contribution in [2.45, 2.75) is 57.9 Å². The predicted molar refractivity (Wildman–Crippen MR) is 113 cm³/mol. The van der Waals surface area contributed by atoms with Gasteiger partial charge in [-0.15, -0.1) is 0 Å². The molecule has 152 valence electrons. The number of hydrogen-bond acceptors (Lipinski definition) is 3. The summed E-state index contributed by atoms with van der Waals surface area (Å²) in [5, 5.41) is 2.77. The smallest absolute Gasteiger partial charge is 0.328 e. The maximum absolute atomic E-state index is 13.0. The fraction of sp³-hybridized carbons (Fsp3) is 0.409. The summed E-state index contributed by atoms with van der Waals surface area (Å²) in [6.45, 7) is 8.23. The lowest BCUT2D eigenvalue weighted by Crippen LogP contribution is -2.34. The molecule has 2 aromatic rings. The van der Waals surface area contributed by atoms with E-state index >= 15 is 0 Å². The second-order valence-corrected chi connectivity index (χ2v) is 8.35. The molecule has 1 fully saturated rings. The van der Waals surface area contributed by atoms with Crippen molar-refractivity contribution in [1.29, 1.82) is 0 Å². The molecule has 0 bridgehead atoms. The number of nitrogens with zero attached hydrogens (tertiary/aromatic N) is 1. The first kappa shape index (κ1) is 22.0. The highest BCUT2D eigenvalue weighted by atomic mass is 32.2. The van der Waals surface area contributed by atoms with E-state index in [4.69, 9.17) is 0 Å². The largest absolute Gasteiger partial charge is 0.331 e. The van der Waals surface area contributed by atoms with Crippen LogP contribution in [0, 0.1) is 0 Å². The molecule has 28 heavy (non-hydrogen) atoms. The number of aryl methyl sites for hydroxylation is 2. The Morgan fingerprint density at radius 1 is 1.04 bits per heavy atom. The Morgan fingerprint density at radius 2 is 1.71 bits per heavy atom. The van der Waals surface area contributed by atoms with E-state index in [0.29, 0.717) is 0 Å². The van der Waals surface area contributed by atoms with E-state index in [-0.39, 0.29) is 17.5 Å². The van der Waals surface area contributed by atoms with Crippen LogP contribution in [0.4, 0.5) is 4.79 Å². The van der Waals surface area contributed by atoms with Gasteiger partial charge in [-0.1, -0.05) is 70.5 Å². The van der Waals surface area contributed by atoms with Crippen LogP contribution in [0.25, 0.3) is 0 Å². The summed E-state index contributed by atoms with van der Waals surface area (Å²) in [5.74, 6) is 0. The highest BCUT2D eigenvalue weighted by Crippen LogP contribution is 2.27. The fourth-order valence-electron chi connectivity index (χ4n) is 3.33. The van der Waals surface area contributed by atoms with Crippen LogP contribution >= 0.6 is 0 Å². The van der Waals surface area contributed by atoms with Crippen molar-refractivity contribution in [3.8, 4) is 0 Å². The first-order valence-electron chi connectivity index (χ1n) is 9.97. The Kier molecular flexibility index (Phi) is 7.63. The SMILES string of the molecule is CC.CCCc1cc(S(=O)(=O)N2CC(c3ccccc3)NC2=O)ccc1CC. The molecule has 0 saturated carbocycles. The molecule has 1 N–H and O–H groups in total. The van der Waals surface area contributed by atoms with E-state index in [1.165, 1.54) is 0 Å². The lowest BCUT2D eigenvalue weighted by atomic mass is 10.0. The van der Waals surface area contributed by atoms with Crippen LogP contribution in [-0.2, 0) is 22.9 Å². The van der Waals surface area contributed by atoms with E-state index in [0.717, 1.165) is 40.3 Å². The van der Waals surface area contributed by atoms with E-state index in [9.17, 15) is 13.2 Å². The van der Waals surface area contributed by atoms with Gasteiger partial charge in [-0.3, -0.25) is 0 Å². The lowest BCUT2D eigenvalue weighted by Gasteiger charge is -2.17. The van der Waals surface area contributed by atoms with Crippen LogP contribution in [0.5, 0.6) is 0 Å². The fourth-order valence-corrected chi connectivity index (χ4v) is 4.74. The van der Waals surface area contributed by atoms with E-state index in [1.807, 2.05) is 50.2 Å². The van der Waals surface area contributed by atoms with Gasteiger partial charge in [0, 0.05) is 0 Å². The molecule has 5 nitrogen and oxygen atoms in total. The monoisotopic (exact) mass is 402 g/mol. The number of amides is 2. The third-order valence-electron chi connectivity index (χ3n) is 4.74. The normalized spacial score (nSPS) is 16.4. The van der Waals surface area contributed by atoms with Gasteiger partial charge < -0.3 is 5.32 Å². The van der Waals surface area contributed by atoms with Crippen molar-refractivity contribution in [1.82, 2.24) is 9.62 Å². The molecular formula is C22H30N2O3S. The Bertz CT molecular complexity index is 895. The molecule has 1 saturated heterocycles. The molecule has 0 aliphatic carbocycles. The number of carbonyl (C=O) groups excluding carboxylic acids is 1. The van der Waals surface area contributed by atoms with Gasteiger partial charge in [-0.2, -0.15) is 0 Å². The van der Waals surface area contributed by atoms with E-state index < -0.39 is 16.1 Å². The Labute approximate surface area is 168 Å². The zero-order chi connectivity index (χ0) is 20.7. The van der Waals surface area contributed by atoms with E-state index in [1.54, 1.807) is 12.1 Å². The minimum absolute atomic E-state index is 0.101. The van der Waals surface area contributed by atoms with Gasteiger partial charge >= 0.3 is 6.03 Å². The number of sulfonamides is 1. The van der Waals surface area contributed by atoms with Gasteiger partial charge in [0.15, 0.2) is 0 Å². The molecule has 1 unspecified atom stereocenters. The third-order valence-corrected chi connectivity index (χ3v) is 6.49. The Balaban J connectivity index is 0.00000136. The van der Waals surface area contributed by atoms with Crippen molar-refractivity contribution >= 4 is 16.1 Å². The second-order valence-electron chi connectivity index (χ2n) is 6.48. The molecule has 2 aromatic carbocycles. The van der Waals surface area contributed by atoms with Crippen molar-refractivity contribution in [3.63, 3.8) is 0 Å². The minimum atomic E-state index is -3.87. The first-order valence-corrected chi connectivity index (χ1v) is 11.4. The van der Waals surface area contributed by atoms with Crippen LogP contribution in [0.2, 0.25) is 0 Å². The average Bonchev–Trinajstić information content (AvgIpc) is 3.13. The second kappa shape index (κ2) is 9.73. The number of carbonyl (C=O) groups is 1. The molecule has 1 atom stereocenters. The van der Waals surface area contributed by atoms with Crippen LogP contribution in [0.3, 0.4) is 0 Å². The molecule has 1 heterocycles. The van der Waals surface area contributed by atoms with Crippen LogP contribution < -0.4 is 5.32 Å². The number of hydrogen-bond donors (Lipinski definition) is 1. The van der Waals surface area contributed by atoms with Gasteiger partial charge in [0.25, 0.3) is 10.0 Å². The summed E-state index contributed by atoms with van der Waals surface area (Å²) in [4.78, 5) is 12.5. The molecule has 2 amide bonds. The summed E-state index contributed by atoms with van der Waals surface area (Å²) in [7, 11) is -3.87. The van der Waals surface area contributed by atoms with Crippen molar-refractivity contribution in [2.24, 2.45) is 0 Å². The van der Waals surface area contributed by atoms with Crippen LogP contribution in [-0.4, -0.2) is 25.3 Å². The maximum Gasteiger partial charge on any atom is 0.331 e. The van der Waals surface area contributed by atoms with Gasteiger partial charge in [-0.05, 0) is 41.7 Å². The molecular weight excluding hydrogens is 372 g/mol. The Morgan fingerprint density at radius 3 is 2.32 bits per heavy atom. The van der Waals surface area contributed by atoms with Crippen molar-refractivity contribution in [3.05, 3.63) is 65.2 Å². The predicted octanol–water partition coefficient (Wildman–Crippen LogP) is 4.68. The van der Waals surface area contributed by atoms with Gasteiger partial charge in [0.05, 0.1) is 17.5 Å². The number of benzene rings is 2. The van der Waals surface area contributed by atoms with Crippen LogP contribution in [0.1, 0.15) is 56.8 Å². The zero-order valence-electron chi connectivity index (χ0n) is 17.1.